The molecule has 2 aromatic rings. The van der Waals surface area contributed by atoms with Crippen LogP contribution in [0.5, 0.6) is 0 Å². The fourth-order valence-electron chi connectivity index (χ4n) is 3.02. The Bertz CT molecular complexity index is 1030. The van der Waals surface area contributed by atoms with Gasteiger partial charge in [-0.3, -0.25) is 9.59 Å². The molecule has 0 aliphatic carbocycles. The molecule has 10 heteroatoms. The predicted molar refractivity (Wildman–Crippen MR) is 107 cm³/mol. The summed E-state index contributed by atoms with van der Waals surface area (Å²) in [6.45, 7) is 0.0845. The molecule has 1 aliphatic heterocycles. The van der Waals surface area contributed by atoms with Crippen molar-refractivity contribution in [3.05, 3.63) is 59.4 Å². The molecule has 1 atom stereocenters. The molecular formula is C19H19ClFN3O4S. The van der Waals surface area contributed by atoms with Gasteiger partial charge in [0.05, 0.1) is 16.5 Å². The molecule has 7 nitrogen and oxygen atoms in total. The summed E-state index contributed by atoms with van der Waals surface area (Å²) in [6, 6.07) is 11.7. The number of carbonyl (C=O) groups is 2. The maximum Gasteiger partial charge on any atom is 0.240 e. The molecule has 2 N–H and O–H groups in total. The van der Waals surface area contributed by atoms with Crippen molar-refractivity contribution in [3.8, 4) is 0 Å². The van der Waals surface area contributed by atoms with Crippen molar-refractivity contribution in [2.45, 2.75) is 11.3 Å². The van der Waals surface area contributed by atoms with Crippen molar-refractivity contribution in [3.63, 3.8) is 0 Å². The van der Waals surface area contributed by atoms with E-state index < -0.39 is 21.8 Å². The lowest BCUT2D eigenvalue weighted by Gasteiger charge is -2.17. The Morgan fingerprint density at radius 1 is 1.17 bits per heavy atom. The summed E-state index contributed by atoms with van der Waals surface area (Å²) >= 11 is 5.80. The highest BCUT2D eigenvalue weighted by Crippen LogP contribution is 2.27. The van der Waals surface area contributed by atoms with Gasteiger partial charge in [0, 0.05) is 31.1 Å². The number of anilines is 1. The molecule has 1 fully saturated rings. The Balaban J connectivity index is 1.50. The Morgan fingerprint density at radius 2 is 1.93 bits per heavy atom. The summed E-state index contributed by atoms with van der Waals surface area (Å²) in [4.78, 5) is 25.8. The Morgan fingerprint density at radius 3 is 2.66 bits per heavy atom. The first-order valence-electron chi connectivity index (χ1n) is 8.86. The predicted octanol–water partition coefficient (Wildman–Crippen LogP) is 1.93. The van der Waals surface area contributed by atoms with Gasteiger partial charge in [0.2, 0.25) is 21.8 Å². The third-order valence-electron chi connectivity index (χ3n) is 4.46. The minimum absolute atomic E-state index is 0.0262. The van der Waals surface area contributed by atoms with Crippen LogP contribution >= 0.6 is 11.6 Å². The van der Waals surface area contributed by atoms with Gasteiger partial charge in [-0.15, -0.1) is 0 Å². The molecule has 1 heterocycles. The van der Waals surface area contributed by atoms with Crippen LogP contribution in [-0.4, -0.2) is 39.9 Å². The van der Waals surface area contributed by atoms with Crippen molar-refractivity contribution < 1.29 is 22.4 Å². The number of sulfonamides is 1. The van der Waals surface area contributed by atoms with E-state index in [1.165, 1.54) is 41.3 Å². The number of amides is 2. The van der Waals surface area contributed by atoms with Gasteiger partial charge >= 0.3 is 0 Å². The molecule has 2 aromatic carbocycles. The van der Waals surface area contributed by atoms with Gasteiger partial charge in [-0.05, 0) is 30.3 Å². The maximum absolute atomic E-state index is 13.9. The van der Waals surface area contributed by atoms with Crippen LogP contribution in [0.3, 0.4) is 0 Å². The van der Waals surface area contributed by atoms with E-state index in [9.17, 15) is 22.4 Å². The molecule has 1 unspecified atom stereocenters. The average Bonchev–Trinajstić information content (AvgIpc) is 3.07. The van der Waals surface area contributed by atoms with Gasteiger partial charge in [-0.1, -0.05) is 29.8 Å². The molecule has 0 saturated carbocycles. The van der Waals surface area contributed by atoms with Crippen LogP contribution in [0.25, 0.3) is 0 Å². The first-order valence-corrected chi connectivity index (χ1v) is 10.7. The van der Waals surface area contributed by atoms with Crippen LogP contribution in [0.15, 0.2) is 53.4 Å². The highest BCUT2D eigenvalue weighted by atomic mass is 35.5. The SMILES string of the molecule is O=C(NCCNS(=O)(=O)c1cccc(Cl)c1)C1CC(=O)N(c2ccccc2F)C1. The molecule has 1 aliphatic rings. The summed E-state index contributed by atoms with van der Waals surface area (Å²) in [6.07, 6.45) is -0.0333. The van der Waals surface area contributed by atoms with Gasteiger partial charge < -0.3 is 10.2 Å². The van der Waals surface area contributed by atoms with Crippen LogP contribution in [0.1, 0.15) is 6.42 Å². The molecule has 1 saturated heterocycles. The number of carbonyl (C=O) groups excluding carboxylic acids is 2. The zero-order chi connectivity index (χ0) is 21.0. The van der Waals surface area contributed by atoms with Crippen LogP contribution < -0.4 is 14.9 Å². The fraction of sp³-hybridized carbons (Fsp3) is 0.263. The monoisotopic (exact) mass is 439 g/mol. The van der Waals surface area contributed by atoms with Crippen LogP contribution in [-0.2, 0) is 19.6 Å². The van der Waals surface area contributed by atoms with E-state index in [2.05, 4.69) is 10.0 Å². The van der Waals surface area contributed by atoms with Crippen molar-refractivity contribution >= 4 is 39.1 Å². The summed E-state index contributed by atoms with van der Waals surface area (Å²) in [5.74, 6) is -1.89. The van der Waals surface area contributed by atoms with E-state index >= 15 is 0 Å². The zero-order valence-corrected chi connectivity index (χ0v) is 16.8. The second-order valence-corrected chi connectivity index (χ2v) is 8.71. The molecule has 2 amide bonds. The smallest absolute Gasteiger partial charge is 0.240 e. The normalized spacial score (nSPS) is 16.8. The van der Waals surface area contributed by atoms with E-state index in [-0.39, 0.29) is 48.5 Å². The Labute approximate surface area is 172 Å². The third-order valence-corrected chi connectivity index (χ3v) is 6.16. The van der Waals surface area contributed by atoms with Crippen LogP contribution in [0, 0.1) is 11.7 Å². The molecule has 0 spiro atoms. The number of hydrogen-bond donors (Lipinski definition) is 2. The largest absolute Gasteiger partial charge is 0.354 e. The summed E-state index contributed by atoms with van der Waals surface area (Å²) in [5, 5.41) is 2.90. The number of nitrogens with zero attached hydrogens (tertiary/aromatic N) is 1. The number of halogens is 2. The number of benzene rings is 2. The molecule has 29 heavy (non-hydrogen) atoms. The van der Waals surface area contributed by atoms with Crippen molar-refractivity contribution in [1.29, 1.82) is 0 Å². The Kier molecular flexibility index (Phi) is 6.51. The molecule has 0 radical (unpaired) electrons. The minimum atomic E-state index is -3.75. The Hall–Kier alpha value is -2.49. The van der Waals surface area contributed by atoms with E-state index in [4.69, 9.17) is 11.6 Å². The molecule has 154 valence electrons. The summed E-state index contributed by atoms with van der Waals surface area (Å²) < 4.78 is 40.7. The van der Waals surface area contributed by atoms with Crippen molar-refractivity contribution in [2.24, 2.45) is 5.92 Å². The van der Waals surface area contributed by atoms with Gasteiger partial charge in [0.1, 0.15) is 5.82 Å². The van der Waals surface area contributed by atoms with Gasteiger partial charge in [-0.2, -0.15) is 0 Å². The van der Waals surface area contributed by atoms with Gasteiger partial charge in [0.15, 0.2) is 0 Å². The lowest BCUT2D eigenvalue weighted by Crippen LogP contribution is -2.38. The van der Waals surface area contributed by atoms with E-state index in [0.717, 1.165) is 0 Å². The highest BCUT2D eigenvalue weighted by molar-refractivity contribution is 7.89. The lowest BCUT2D eigenvalue weighted by atomic mass is 10.1. The minimum Gasteiger partial charge on any atom is -0.354 e. The first-order chi connectivity index (χ1) is 13.8. The van der Waals surface area contributed by atoms with Crippen LogP contribution in [0.4, 0.5) is 10.1 Å². The maximum atomic E-state index is 13.9. The summed E-state index contributed by atoms with van der Waals surface area (Å²) in [7, 11) is -3.75. The lowest BCUT2D eigenvalue weighted by molar-refractivity contribution is -0.126. The average molecular weight is 440 g/mol. The van der Waals surface area contributed by atoms with Gasteiger partial charge in [0.25, 0.3) is 0 Å². The fourth-order valence-corrected chi connectivity index (χ4v) is 4.35. The standard InChI is InChI=1S/C19H19ClFN3O4S/c20-14-4-3-5-15(11-14)29(27,28)23-9-8-22-19(26)13-10-18(25)24(12-13)17-7-2-1-6-16(17)21/h1-7,11,13,23H,8-10,12H2,(H,22,26). The molecule has 0 aromatic heterocycles. The summed E-state index contributed by atoms with van der Waals surface area (Å²) in [5.41, 5.74) is 0.141. The van der Waals surface area contributed by atoms with E-state index in [1.54, 1.807) is 12.1 Å². The number of nitrogens with one attached hydrogen (secondary N) is 2. The van der Waals surface area contributed by atoms with Crippen molar-refractivity contribution in [2.75, 3.05) is 24.5 Å². The van der Waals surface area contributed by atoms with Crippen molar-refractivity contribution in [1.82, 2.24) is 10.0 Å². The number of rotatable bonds is 7. The molecule has 0 bridgehead atoms. The van der Waals surface area contributed by atoms with Gasteiger partial charge in [-0.25, -0.2) is 17.5 Å². The highest BCUT2D eigenvalue weighted by Gasteiger charge is 2.35. The van der Waals surface area contributed by atoms with E-state index in [1.807, 2.05) is 0 Å². The molecule has 3 rings (SSSR count). The zero-order valence-electron chi connectivity index (χ0n) is 15.3. The third kappa shape index (κ3) is 5.11. The van der Waals surface area contributed by atoms with E-state index in [0.29, 0.717) is 5.02 Å². The quantitative estimate of drug-likeness (QED) is 0.644. The topological polar surface area (TPSA) is 95.6 Å². The first kappa shape index (κ1) is 21.2. The molecular weight excluding hydrogens is 421 g/mol. The second kappa shape index (κ2) is 8.89. The van der Waals surface area contributed by atoms with Crippen LogP contribution in [0.2, 0.25) is 5.02 Å². The number of para-hydroxylation sites is 1. The second-order valence-electron chi connectivity index (χ2n) is 6.50. The number of hydrogen-bond acceptors (Lipinski definition) is 4.